The quantitative estimate of drug-likeness (QED) is 0.823. The van der Waals surface area contributed by atoms with Crippen molar-refractivity contribution in [3.05, 3.63) is 58.1 Å². The van der Waals surface area contributed by atoms with Gasteiger partial charge in [0.05, 0.1) is 7.11 Å². The van der Waals surface area contributed by atoms with Crippen molar-refractivity contribution in [3.63, 3.8) is 0 Å². The fourth-order valence-electron chi connectivity index (χ4n) is 2.11. The molecule has 2 N–H and O–H groups in total. The fraction of sp³-hybridized carbons (Fsp3) is 0.294. The second-order valence-corrected chi connectivity index (χ2v) is 5.67. The molecule has 0 spiro atoms. The topological polar surface area (TPSA) is 44.5 Å². The minimum atomic E-state index is 0.517. The van der Waals surface area contributed by atoms with Crippen LogP contribution in [0.15, 0.2) is 46.9 Å². The molecule has 0 aliphatic heterocycles. The molecule has 2 rings (SSSR count). The highest BCUT2D eigenvalue weighted by Gasteiger charge is 2.10. The zero-order valence-electron chi connectivity index (χ0n) is 12.1. The summed E-state index contributed by atoms with van der Waals surface area (Å²) in [6.45, 7) is 1.19. The molecule has 0 aliphatic rings. The predicted octanol–water partition coefficient (Wildman–Crippen LogP) is 3.93. The van der Waals surface area contributed by atoms with Gasteiger partial charge in [-0.2, -0.15) is 0 Å². The number of benzene rings is 2. The number of nitrogens with two attached hydrogens (primary N) is 1. The largest absolute Gasteiger partial charge is 0.493 e. The third-order valence-corrected chi connectivity index (χ3v) is 3.76. The highest BCUT2D eigenvalue weighted by Crippen LogP contribution is 2.32. The zero-order chi connectivity index (χ0) is 15.1. The summed E-state index contributed by atoms with van der Waals surface area (Å²) in [5.74, 6) is 1.58. The van der Waals surface area contributed by atoms with Crippen LogP contribution in [0.2, 0.25) is 0 Å². The van der Waals surface area contributed by atoms with E-state index in [1.807, 2.05) is 36.4 Å². The summed E-state index contributed by atoms with van der Waals surface area (Å²) in [4.78, 5) is 0. The highest BCUT2D eigenvalue weighted by atomic mass is 79.9. The Morgan fingerprint density at radius 1 is 1.10 bits per heavy atom. The Balaban J connectivity index is 2.14. The molecule has 2 aromatic carbocycles. The summed E-state index contributed by atoms with van der Waals surface area (Å²) in [7, 11) is 1.66. The third-order valence-electron chi connectivity index (χ3n) is 3.23. The number of para-hydroxylation sites is 1. The van der Waals surface area contributed by atoms with Gasteiger partial charge in [0.1, 0.15) is 6.61 Å². The maximum atomic E-state index is 6.00. The Hall–Kier alpha value is -1.52. The molecule has 0 bridgehead atoms. The van der Waals surface area contributed by atoms with Crippen molar-refractivity contribution in [2.75, 3.05) is 13.7 Å². The molecule has 0 radical (unpaired) electrons. The van der Waals surface area contributed by atoms with Crippen LogP contribution in [0.25, 0.3) is 0 Å². The lowest BCUT2D eigenvalue weighted by atomic mass is 10.1. The van der Waals surface area contributed by atoms with Gasteiger partial charge in [0.25, 0.3) is 0 Å². The molecule has 0 amide bonds. The van der Waals surface area contributed by atoms with E-state index >= 15 is 0 Å². The molecule has 112 valence electrons. The molecule has 0 aliphatic carbocycles. The average Bonchev–Trinajstić information content (AvgIpc) is 2.52. The maximum absolute atomic E-state index is 6.00. The smallest absolute Gasteiger partial charge is 0.164 e. The Morgan fingerprint density at radius 3 is 2.52 bits per heavy atom. The number of methoxy groups -OCH3 is 1. The Morgan fingerprint density at radius 2 is 1.86 bits per heavy atom. The van der Waals surface area contributed by atoms with E-state index in [1.54, 1.807) is 7.11 Å². The molecule has 0 saturated heterocycles. The molecule has 0 saturated carbocycles. The highest BCUT2D eigenvalue weighted by molar-refractivity contribution is 9.10. The normalized spacial score (nSPS) is 10.4. The standard InChI is InChI=1S/C17H20BrNO2/c1-20-16-6-2-4-14(5-3-11-19)17(16)21-12-13-7-9-15(18)10-8-13/h2,4,6-10H,3,5,11-12,19H2,1H3. The van der Waals surface area contributed by atoms with Gasteiger partial charge in [-0.05, 0) is 48.7 Å². The molecular weight excluding hydrogens is 330 g/mol. The SMILES string of the molecule is COc1cccc(CCCN)c1OCc1ccc(Br)cc1. The molecule has 0 heterocycles. The Bertz CT molecular complexity index is 570. The van der Waals surface area contributed by atoms with E-state index in [0.29, 0.717) is 13.2 Å². The van der Waals surface area contributed by atoms with Crippen LogP contribution in [0.1, 0.15) is 17.5 Å². The first-order valence-electron chi connectivity index (χ1n) is 6.97. The van der Waals surface area contributed by atoms with Crippen molar-refractivity contribution in [2.24, 2.45) is 5.73 Å². The van der Waals surface area contributed by atoms with E-state index in [-0.39, 0.29) is 0 Å². The fourth-order valence-corrected chi connectivity index (χ4v) is 2.38. The number of halogens is 1. The van der Waals surface area contributed by atoms with Crippen molar-refractivity contribution < 1.29 is 9.47 Å². The van der Waals surface area contributed by atoms with Gasteiger partial charge in [0, 0.05) is 4.47 Å². The van der Waals surface area contributed by atoms with E-state index in [1.165, 1.54) is 0 Å². The maximum Gasteiger partial charge on any atom is 0.164 e. The number of aryl methyl sites for hydroxylation is 1. The van der Waals surface area contributed by atoms with Crippen LogP contribution < -0.4 is 15.2 Å². The van der Waals surface area contributed by atoms with Gasteiger partial charge in [-0.1, -0.05) is 40.2 Å². The van der Waals surface area contributed by atoms with E-state index in [4.69, 9.17) is 15.2 Å². The summed E-state index contributed by atoms with van der Waals surface area (Å²) in [5, 5.41) is 0. The van der Waals surface area contributed by atoms with Gasteiger partial charge in [-0.25, -0.2) is 0 Å². The molecule has 0 fully saturated rings. The van der Waals surface area contributed by atoms with Crippen molar-refractivity contribution >= 4 is 15.9 Å². The Labute approximate surface area is 134 Å². The van der Waals surface area contributed by atoms with E-state index in [2.05, 4.69) is 22.0 Å². The second kappa shape index (κ2) is 8.05. The van der Waals surface area contributed by atoms with E-state index < -0.39 is 0 Å². The van der Waals surface area contributed by atoms with Crippen LogP contribution in [0, 0.1) is 0 Å². The zero-order valence-corrected chi connectivity index (χ0v) is 13.7. The van der Waals surface area contributed by atoms with Gasteiger partial charge < -0.3 is 15.2 Å². The van der Waals surface area contributed by atoms with Gasteiger partial charge >= 0.3 is 0 Å². The van der Waals surface area contributed by atoms with Crippen LogP contribution in [0.4, 0.5) is 0 Å². The third kappa shape index (κ3) is 4.48. The van der Waals surface area contributed by atoms with Crippen LogP contribution in [0.3, 0.4) is 0 Å². The van der Waals surface area contributed by atoms with Crippen molar-refractivity contribution in [3.8, 4) is 11.5 Å². The lowest BCUT2D eigenvalue weighted by molar-refractivity contribution is 0.281. The monoisotopic (exact) mass is 349 g/mol. The molecule has 0 unspecified atom stereocenters. The molecule has 4 heteroatoms. The minimum Gasteiger partial charge on any atom is -0.493 e. The summed E-state index contributed by atoms with van der Waals surface area (Å²) >= 11 is 3.43. The molecule has 21 heavy (non-hydrogen) atoms. The van der Waals surface area contributed by atoms with Gasteiger partial charge in [-0.15, -0.1) is 0 Å². The lowest BCUT2D eigenvalue weighted by Crippen LogP contribution is -2.04. The average molecular weight is 350 g/mol. The number of rotatable bonds is 7. The van der Waals surface area contributed by atoms with Crippen LogP contribution in [-0.4, -0.2) is 13.7 Å². The van der Waals surface area contributed by atoms with Crippen LogP contribution in [-0.2, 0) is 13.0 Å². The first kappa shape index (κ1) is 15.9. The minimum absolute atomic E-state index is 0.517. The molecule has 0 atom stereocenters. The van der Waals surface area contributed by atoms with E-state index in [9.17, 15) is 0 Å². The number of hydrogen-bond acceptors (Lipinski definition) is 3. The van der Waals surface area contributed by atoms with E-state index in [0.717, 1.165) is 39.9 Å². The molecule has 2 aromatic rings. The van der Waals surface area contributed by atoms with Crippen molar-refractivity contribution in [1.29, 1.82) is 0 Å². The lowest BCUT2D eigenvalue weighted by Gasteiger charge is -2.15. The van der Waals surface area contributed by atoms with Gasteiger partial charge in [0.2, 0.25) is 0 Å². The van der Waals surface area contributed by atoms with Crippen LogP contribution >= 0.6 is 15.9 Å². The summed E-state index contributed by atoms with van der Waals surface area (Å²) < 4.78 is 12.5. The number of ether oxygens (including phenoxy) is 2. The van der Waals surface area contributed by atoms with Crippen molar-refractivity contribution in [1.82, 2.24) is 0 Å². The second-order valence-electron chi connectivity index (χ2n) is 4.76. The molecule has 0 aromatic heterocycles. The Kier molecular flexibility index (Phi) is 6.08. The number of hydrogen-bond donors (Lipinski definition) is 1. The molecule has 3 nitrogen and oxygen atoms in total. The summed E-state index contributed by atoms with van der Waals surface area (Å²) in [6, 6.07) is 14.1. The van der Waals surface area contributed by atoms with Gasteiger partial charge in [-0.3, -0.25) is 0 Å². The summed E-state index contributed by atoms with van der Waals surface area (Å²) in [5.41, 5.74) is 7.86. The van der Waals surface area contributed by atoms with Crippen LogP contribution in [0.5, 0.6) is 11.5 Å². The first-order valence-corrected chi connectivity index (χ1v) is 7.77. The van der Waals surface area contributed by atoms with Gasteiger partial charge in [0.15, 0.2) is 11.5 Å². The summed E-state index contributed by atoms with van der Waals surface area (Å²) in [6.07, 6.45) is 1.82. The predicted molar refractivity (Wildman–Crippen MR) is 88.8 cm³/mol. The molecular formula is C17H20BrNO2. The van der Waals surface area contributed by atoms with Crippen molar-refractivity contribution in [2.45, 2.75) is 19.4 Å². The first-order chi connectivity index (χ1) is 10.2.